The van der Waals surface area contributed by atoms with Crippen LogP contribution >= 0.6 is 22.6 Å². The molecular formula is C24H30INaO6. The zero-order chi connectivity index (χ0) is 23.3. The first-order valence-corrected chi connectivity index (χ1v) is 11.1. The van der Waals surface area contributed by atoms with Crippen LogP contribution in [0.4, 0.5) is 0 Å². The summed E-state index contributed by atoms with van der Waals surface area (Å²) in [6, 6.07) is 10.0. The van der Waals surface area contributed by atoms with Crippen LogP contribution in [0.5, 0.6) is 0 Å². The van der Waals surface area contributed by atoms with Crippen LogP contribution in [-0.2, 0) is 28.6 Å². The Morgan fingerprint density at radius 3 is 1.88 bits per heavy atom. The number of esters is 3. The van der Waals surface area contributed by atoms with E-state index in [1.54, 1.807) is 0 Å². The molecule has 170 valence electrons. The number of carbonyl (C=O) groups is 3. The maximum atomic E-state index is 10.7. The fraction of sp³-hybridized carbons (Fsp3) is 0.333. The van der Waals surface area contributed by atoms with E-state index in [2.05, 4.69) is 14.2 Å². The Balaban J connectivity index is 0. The number of carbonyl (C=O) groups excluding carboxylic acids is 3. The molecule has 0 saturated carbocycles. The van der Waals surface area contributed by atoms with Crippen molar-refractivity contribution in [3.63, 3.8) is 0 Å². The summed E-state index contributed by atoms with van der Waals surface area (Å²) in [5, 5.41) is 0. The molecule has 2 aliphatic carbocycles. The second-order valence-corrected chi connectivity index (χ2v) is 6.81. The molecule has 0 saturated heterocycles. The van der Waals surface area contributed by atoms with E-state index in [0.717, 1.165) is 24.0 Å². The van der Waals surface area contributed by atoms with Gasteiger partial charge in [-0.25, -0.2) is 12.1 Å². The molecule has 0 spiro atoms. The number of hydrogen-bond donors (Lipinski definition) is 0. The molecule has 1 aromatic carbocycles. The van der Waals surface area contributed by atoms with Crippen LogP contribution in [0.25, 0.3) is 0 Å². The topological polar surface area (TPSA) is 78.9 Å². The van der Waals surface area contributed by atoms with Gasteiger partial charge in [-0.3, -0.25) is 14.4 Å². The third-order valence-corrected chi connectivity index (χ3v) is 4.39. The summed E-state index contributed by atoms with van der Waals surface area (Å²) in [7, 11) is 4.19. The van der Waals surface area contributed by atoms with Gasteiger partial charge in [0, 0.05) is 0 Å². The minimum atomic E-state index is -0.171. The Hall–Kier alpha value is -1.55. The molecule has 0 N–H and O–H groups in total. The molecular weight excluding hydrogens is 534 g/mol. The molecule has 1 aromatic rings. The van der Waals surface area contributed by atoms with E-state index >= 15 is 0 Å². The van der Waals surface area contributed by atoms with E-state index in [0.29, 0.717) is 17.3 Å². The molecule has 0 radical (unpaired) electrons. The van der Waals surface area contributed by atoms with Crippen molar-refractivity contribution < 1.29 is 58.2 Å². The van der Waals surface area contributed by atoms with E-state index < -0.39 is 0 Å². The van der Waals surface area contributed by atoms with Gasteiger partial charge in [-0.1, -0.05) is 64.6 Å². The molecule has 0 heterocycles. The number of ether oxygens (including phenoxy) is 3. The normalized spacial score (nSPS) is 12.1. The number of allylic oxidation sites excluding steroid dienone is 6. The van der Waals surface area contributed by atoms with Crippen LogP contribution in [0, 0.1) is 0 Å². The van der Waals surface area contributed by atoms with Crippen LogP contribution in [0.2, 0.25) is 0 Å². The van der Waals surface area contributed by atoms with Crippen LogP contribution in [0.1, 0.15) is 25.7 Å². The summed E-state index contributed by atoms with van der Waals surface area (Å²) in [5.74, 6) is -0.497. The minimum Gasteiger partial charge on any atom is -0.469 e. The van der Waals surface area contributed by atoms with Gasteiger partial charge in [0.25, 0.3) is 0 Å². The van der Waals surface area contributed by atoms with E-state index in [9.17, 15) is 14.4 Å². The van der Waals surface area contributed by atoms with Crippen LogP contribution < -0.4 is 29.6 Å². The van der Waals surface area contributed by atoms with Gasteiger partial charge < -0.3 is 14.2 Å². The average Bonchev–Trinajstić information content (AvgIpc) is 3.59. The van der Waals surface area contributed by atoms with Gasteiger partial charge in [-0.2, -0.15) is 18.2 Å². The maximum absolute atomic E-state index is 10.7. The molecule has 0 unspecified atom stereocenters. The predicted octanol–water partition coefficient (Wildman–Crippen LogP) is 1.88. The summed E-state index contributed by atoms with van der Waals surface area (Å²) in [6.45, 7) is 0. The van der Waals surface area contributed by atoms with Gasteiger partial charge in [-0.05, 0) is 18.4 Å². The third-order valence-electron chi connectivity index (χ3n) is 3.76. The molecule has 0 fully saturated rings. The Labute approximate surface area is 226 Å². The summed E-state index contributed by atoms with van der Waals surface area (Å²) in [6.07, 6.45) is 14.6. The number of hydrogen-bond acceptors (Lipinski definition) is 6. The largest absolute Gasteiger partial charge is 1.00 e. The van der Waals surface area contributed by atoms with Crippen molar-refractivity contribution in [2.75, 3.05) is 25.8 Å². The number of rotatable bonds is 5. The van der Waals surface area contributed by atoms with Crippen molar-refractivity contribution in [1.29, 1.82) is 0 Å². The van der Waals surface area contributed by atoms with Crippen molar-refractivity contribution in [2.45, 2.75) is 25.7 Å². The average molecular weight is 564 g/mol. The van der Waals surface area contributed by atoms with Gasteiger partial charge in [0.05, 0.1) is 38.6 Å². The van der Waals surface area contributed by atoms with Crippen LogP contribution in [0.3, 0.4) is 0 Å². The molecule has 0 aromatic heterocycles. The Kier molecular flexibility index (Phi) is 23.1. The van der Waals surface area contributed by atoms with Crippen molar-refractivity contribution in [3.05, 3.63) is 77.9 Å². The van der Waals surface area contributed by atoms with Gasteiger partial charge in [0.1, 0.15) is 0 Å². The zero-order valence-electron chi connectivity index (χ0n) is 19.2. The van der Waals surface area contributed by atoms with E-state index in [-0.39, 0.29) is 47.5 Å². The standard InChI is InChI=1S/2C8H10O2.C5H5.C3H5IO2.Na/c2*1-10-8(9)6-7-4-2-3-5-7;1-2-4-5-3-1;1-6-3(5)2-4;/h2,4-5H,3,6H2,1H3;2-4H,5-6H2,1H3;1-5H;2H2,1H3;/q;;-1;;+1. The second-order valence-electron chi connectivity index (χ2n) is 6.05. The monoisotopic (exact) mass is 564 g/mol. The Bertz CT molecular complexity index is 740. The van der Waals surface area contributed by atoms with E-state index in [1.165, 1.54) is 21.3 Å². The summed E-state index contributed by atoms with van der Waals surface area (Å²) in [4.78, 5) is 31.3. The first kappa shape index (κ1) is 32.6. The molecule has 3 rings (SSSR count). The molecule has 0 bridgehead atoms. The van der Waals surface area contributed by atoms with Crippen molar-refractivity contribution in [1.82, 2.24) is 0 Å². The summed E-state index contributed by atoms with van der Waals surface area (Å²) < 4.78 is 13.7. The third kappa shape index (κ3) is 19.2. The minimum absolute atomic E-state index is 0. The fourth-order valence-corrected chi connectivity index (χ4v) is 2.44. The van der Waals surface area contributed by atoms with E-state index in [1.807, 2.05) is 89.4 Å². The molecule has 6 nitrogen and oxygen atoms in total. The van der Waals surface area contributed by atoms with Crippen molar-refractivity contribution in [2.24, 2.45) is 0 Å². The van der Waals surface area contributed by atoms with Gasteiger partial charge in [0.15, 0.2) is 0 Å². The Morgan fingerprint density at radius 1 is 0.938 bits per heavy atom. The van der Waals surface area contributed by atoms with Crippen LogP contribution in [0.15, 0.2) is 77.9 Å². The summed E-state index contributed by atoms with van der Waals surface area (Å²) in [5.41, 5.74) is 2.19. The number of halogens is 1. The zero-order valence-corrected chi connectivity index (χ0v) is 23.4. The quantitative estimate of drug-likeness (QED) is 0.136. The van der Waals surface area contributed by atoms with Gasteiger partial charge in [-0.15, -0.1) is 0 Å². The molecule has 32 heavy (non-hydrogen) atoms. The number of alkyl halides is 1. The SMILES string of the molecule is COC(=O)CC1=CC=CC1.COC(=O)CC1=CCC=C1.COC(=O)CI.[Na+].c1cc[cH-]c1. The van der Waals surface area contributed by atoms with Crippen LogP contribution in [-0.4, -0.2) is 43.7 Å². The predicted molar refractivity (Wildman–Crippen MR) is 130 cm³/mol. The van der Waals surface area contributed by atoms with Gasteiger partial charge >= 0.3 is 47.5 Å². The first-order chi connectivity index (χ1) is 15.0. The first-order valence-electron chi connectivity index (χ1n) is 9.60. The van der Waals surface area contributed by atoms with Crippen molar-refractivity contribution in [3.8, 4) is 0 Å². The molecule has 0 amide bonds. The molecule has 0 atom stereocenters. The molecule has 8 heteroatoms. The second kappa shape index (κ2) is 22.6. The van der Waals surface area contributed by atoms with Crippen molar-refractivity contribution >= 4 is 40.5 Å². The fourth-order valence-electron chi connectivity index (χ4n) is 2.13. The van der Waals surface area contributed by atoms with Gasteiger partial charge in [0.2, 0.25) is 0 Å². The maximum Gasteiger partial charge on any atom is 1.00 e. The molecule has 0 aliphatic heterocycles. The smallest absolute Gasteiger partial charge is 0.469 e. The van der Waals surface area contributed by atoms with E-state index in [4.69, 9.17) is 0 Å². The number of methoxy groups -OCH3 is 3. The molecule has 2 aliphatic rings. The summed E-state index contributed by atoms with van der Waals surface area (Å²) >= 11 is 1.94. The Morgan fingerprint density at radius 2 is 1.53 bits per heavy atom.